The minimum absolute atomic E-state index is 0.0650. The molecule has 0 spiro atoms. The molecule has 25 heavy (non-hydrogen) atoms. The lowest BCUT2D eigenvalue weighted by Gasteiger charge is -2.11. The van der Waals surface area contributed by atoms with E-state index in [0.717, 1.165) is 27.6 Å². The number of halogens is 1. The van der Waals surface area contributed by atoms with Crippen LogP contribution in [0.2, 0.25) is 5.02 Å². The maximum Gasteiger partial charge on any atom is 0.225 e. The van der Waals surface area contributed by atoms with Crippen molar-refractivity contribution in [2.24, 2.45) is 0 Å². The van der Waals surface area contributed by atoms with Gasteiger partial charge < -0.3 is 14.7 Å². The Bertz CT molecular complexity index is 1070. The fourth-order valence-corrected chi connectivity index (χ4v) is 3.07. The van der Waals surface area contributed by atoms with Gasteiger partial charge in [-0.3, -0.25) is 4.79 Å². The largest absolute Gasteiger partial charge is 0.459 e. The molecule has 0 saturated carbocycles. The van der Waals surface area contributed by atoms with Gasteiger partial charge in [-0.15, -0.1) is 0 Å². The first-order chi connectivity index (χ1) is 12.1. The highest BCUT2D eigenvalue weighted by Gasteiger charge is 2.15. The third-order valence-corrected chi connectivity index (χ3v) is 4.39. The number of nitrogens with one attached hydrogen (secondary N) is 2. The summed E-state index contributed by atoms with van der Waals surface area (Å²) in [6.45, 7) is 1.90. The fourth-order valence-electron chi connectivity index (χ4n) is 2.89. The van der Waals surface area contributed by atoms with Crippen LogP contribution in [0.1, 0.15) is 24.3 Å². The van der Waals surface area contributed by atoms with E-state index in [0.29, 0.717) is 17.2 Å². The molecule has 1 amide bonds. The minimum atomic E-state index is -0.227. The second kappa shape index (κ2) is 6.26. The number of fused-ring (bicyclic) bond motifs is 2. The first-order valence-electron chi connectivity index (χ1n) is 7.99. The first kappa shape index (κ1) is 15.7. The summed E-state index contributed by atoms with van der Waals surface area (Å²) < 4.78 is 5.80. The van der Waals surface area contributed by atoms with E-state index >= 15 is 0 Å². The van der Waals surface area contributed by atoms with Gasteiger partial charge >= 0.3 is 0 Å². The van der Waals surface area contributed by atoms with E-state index in [2.05, 4.69) is 15.3 Å². The van der Waals surface area contributed by atoms with Crippen LogP contribution in [-0.2, 0) is 11.2 Å². The average molecular weight is 354 g/mol. The van der Waals surface area contributed by atoms with Crippen molar-refractivity contribution in [3.05, 3.63) is 65.1 Å². The number of H-pyrrole nitrogens is 1. The van der Waals surface area contributed by atoms with Crippen molar-refractivity contribution >= 4 is 39.5 Å². The topological polar surface area (TPSA) is 70.9 Å². The second-order valence-corrected chi connectivity index (χ2v) is 6.49. The Morgan fingerprint density at radius 3 is 3.04 bits per heavy atom. The third-order valence-electron chi connectivity index (χ3n) is 4.15. The van der Waals surface area contributed by atoms with E-state index in [1.807, 2.05) is 43.3 Å². The number of imidazole rings is 1. The molecule has 126 valence electrons. The summed E-state index contributed by atoms with van der Waals surface area (Å²) in [6, 6.07) is 12.9. The monoisotopic (exact) mass is 353 g/mol. The lowest BCUT2D eigenvalue weighted by molar-refractivity contribution is -0.121. The molecule has 0 aliphatic heterocycles. The molecule has 4 rings (SSSR count). The average Bonchev–Trinajstić information content (AvgIpc) is 3.20. The summed E-state index contributed by atoms with van der Waals surface area (Å²) in [5.41, 5.74) is 3.49. The van der Waals surface area contributed by atoms with Crippen molar-refractivity contribution < 1.29 is 9.21 Å². The lowest BCUT2D eigenvalue weighted by Crippen LogP contribution is -2.27. The van der Waals surface area contributed by atoms with Crippen LogP contribution >= 0.6 is 11.6 Å². The van der Waals surface area contributed by atoms with Crippen LogP contribution in [0.4, 0.5) is 0 Å². The van der Waals surface area contributed by atoms with Gasteiger partial charge in [-0.1, -0.05) is 17.7 Å². The molecule has 0 unspecified atom stereocenters. The van der Waals surface area contributed by atoms with Gasteiger partial charge in [-0.05, 0) is 48.9 Å². The van der Waals surface area contributed by atoms with Gasteiger partial charge in [-0.25, -0.2) is 4.98 Å². The molecule has 0 fully saturated rings. The number of amides is 1. The Labute approximate surface area is 149 Å². The normalized spacial score (nSPS) is 12.6. The zero-order chi connectivity index (χ0) is 17.4. The van der Waals surface area contributed by atoms with Gasteiger partial charge in [0.25, 0.3) is 0 Å². The molecule has 2 heterocycles. The van der Waals surface area contributed by atoms with Crippen LogP contribution < -0.4 is 5.32 Å². The molecule has 0 bridgehead atoms. The van der Waals surface area contributed by atoms with Gasteiger partial charge in [0.05, 0.1) is 29.8 Å². The van der Waals surface area contributed by atoms with Crippen LogP contribution in [0, 0.1) is 0 Å². The van der Waals surface area contributed by atoms with E-state index in [1.165, 1.54) is 0 Å². The highest BCUT2D eigenvalue weighted by atomic mass is 35.5. The predicted octanol–water partition coefficient (Wildman–Crippen LogP) is 4.38. The second-order valence-electron chi connectivity index (χ2n) is 6.05. The van der Waals surface area contributed by atoms with Crippen LogP contribution in [0.3, 0.4) is 0 Å². The summed E-state index contributed by atoms with van der Waals surface area (Å²) in [5.74, 6) is 0.638. The third kappa shape index (κ3) is 3.23. The molecule has 0 aliphatic carbocycles. The number of aromatic amines is 1. The summed E-state index contributed by atoms with van der Waals surface area (Å²) in [6.07, 6.45) is 1.94. The van der Waals surface area contributed by atoms with Crippen molar-refractivity contribution in [3.63, 3.8) is 0 Å². The molecule has 2 aromatic heterocycles. The Balaban J connectivity index is 1.46. The smallest absolute Gasteiger partial charge is 0.225 e. The van der Waals surface area contributed by atoms with Crippen LogP contribution in [-0.4, -0.2) is 15.9 Å². The minimum Gasteiger partial charge on any atom is -0.459 e. The number of aromatic nitrogens is 2. The van der Waals surface area contributed by atoms with Gasteiger partial charge in [0.2, 0.25) is 5.91 Å². The standard InChI is InChI=1S/C19H16ClN3O2/c1-11(18-9-13-8-14(20)3-5-17(13)25-18)23-19(24)7-12-2-4-15-16(6-12)22-10-21-15/h2-6,8-11H,7H2,1H3,(H,21,22)(H,23,24)/t11-/m0/s1. The Morgan fingerprint density at radius 1 is 1.28 bits per heavy atom. The number of carbonyl (C=O) groups is 1. The maximum absolute atomic E-state index is 12.3. The number of nitrogens with zero attached hydrogens (tertiary/aromatic N) is 1. The molecule has 2 N–H and O–H groups in total. The van der Waals surface area contributed by atoms with Crippen LogP contribution in [0.25, 0.3) is 22.0 Å². The fraction of sp³-hybridized carbons (Fsp3) is 0.158. The zero-order valence-electron chi connectivity index (χ0n) is 13.5. The number of hydrogen-bond donors (Lipinski definition) is 2. The predicted molar refractivity (Wildman–Crippen MR) is 97.6 cm³/mol. The Morgan fingerprint density at radius 2 is 2.16 bits per heavy atom. The molecule has 6 heteroatoms. The Kier molecular flexibility index (Phi) is 3.93. The van der Waals surface area contributed by atoms with E-state index in [4.69, 9.17) is 16.0 Å². The summed E-state index contributed by atoms with van der Waals surface area (Å²) in [7, 11) is 0. The van der Waals surface area contributed by atoms with Crippen LogP contribution in [0.5, 0.6) is 0 Å². The molecule has 0 radical (unpaired) electrons. The Hall–Kier alpha value is -2.79. The van der Waals surface area contributed by atoms with Crippen molar-refractivity contribution in [2.45, 2.75) is 19.4 Å². The van der Waals surface area contributed by atoms with E-state index in [-0.39, 0.29) is 11.9 Å². The zero-order valence-corrected chi connectivity index (χ0v) is 14.3. The number of rotatable bonds is 4. The van der Waals surface area contributed by atoms with E-state index in [9.17, 15) is 4.79 Å². The SMILES string of the molecule is C[C@H](NC(=O)Cc1ccc2nc[nH]c2c1)c1cc2cc(Cl)ccc2o1. The van der Waals surface area contributed by atoms with Crippen molar-refractivity contribution in [1.82, 2.24) is 15.3 Å². The van der Waals surface area contributed by atoms with Gasteiger partial charge in [-0.2, -0.15) is 0 Å². The van der Waals surface area contributed by atoms with E-state index < -0.39 is 0 Å². The highest BCUT2D eigenvalue weighted by molar-refractivity contribution is 6.31. The number of furan rings is 1. The molecular formula is C19H16ClN3O2. The van der Waals surface area contributed by atoms with Gasteiger partial charge in [0.1, 0.15) is 11.3 Å². The summed E-state index contributed by atoms with van der Waals surface area (Å²) in [4.78, 5) is 19.6. The van der Waals surface area contributed by atoms with Gasteiger partial charge in [0.15, 0.2) is 0 Å². The molecule has 4 aromatic rings. The molecular weight excluding hydrogens is 338 g/mol. The molecule has 0 saturated heterocycles. The quantitative estimate of drug-likeness (QED) is 0.572. The molecule has 2 aromatic carbocycles. The van der Waals surface area contributed by atoms with E-state index in [1.54, 1.807) is 12.4 Å². The molecule has 0 aliphatic rings. The lowest BCUT2D eigenvalue weighted by atomic mass is 10.1. The first-order valence-corrected chi connectivity index (χ1v) is 8.37. The number of hydrogen-bond acceptors (Lipinski definition) is 3. The maximum atomic E-state index is 12.3. The van der Waals surface area contributed by atoms with Crippen molar-refractivity contribution in [1.29, 1.82) is 0 Å². The molecule has 1 atom stereocenters. The number of carbonyl (C=O) groups excluding carboxylic acids is 1. The van der Waals surface area contributed by atoms with Gasteiger partial charge in [0, 0.05) is 10.4 Å². The summed E-state index contributed by atoms with van der Waals surface area (Å²) >= 11 is 6.00. The van der Waals surface area contributed by atoms with Crippen molar-refractivity contribution in [2.75, 3.05) is 0 Å². The van der Waals surface area contributed by atoms with Crippen molar-refractivity contribution in [3.8, 4) is 0 Å². The molecule has 5 nitrogen and oxygen atoms in total. The number of benzene rings is 2. The summed E-state index contributed by atoms with van der Waals surface area (Å²) in [5, 5.41) is 4.55. The van der Waals surface area contributed by atoms with Crippen LogP contribution in [0.15, 0.2) is 53.2 Å². The highest BCUT2D eigenvalue weighted by Crippen LogP contribution is 2.26.